The van der Waals surface area contributed by atoms with Crippen molar-refractivity contribution in [1.82, 2.24) is 0 Å². The van der Waals surface area contributed by atoms with Gasteiger partial charge in [-0.15, -0.1) is 0 Å². The van der Waals surface area contributed by atoms with E-state index in [0.717, 1.165) is 18.6 Å². The van der Waals surface area contributed by atoms with Crippen LogP contribution in [-0.2, 0) is 25.4 Å². The molecule has 2 aliphatic rings. The molecule has 0 amide bonds. The van der Waals surface area contributed by atoms with Gasteiger partial charge in [-0.05, 0) is 30.5 Å². The zero-order valence-corrected chi connectivity index (χ0v) is 15.3. The third-order valence-electron chi connectivity index (χ3n) is 4.68. The van der Waals surface area contributed by atoms with Crippen LogP contribution in [0.25, 0.3) is 0 Å². The molecule has 1 aromatic carbocycles. The monoisotopic (exact) mass is 386 g/mol. The number of hydrogen-bond donors (Lipinski definition) is 0. The van der Waals surface area contributed by atoms with Gasteiger partial charge in [-0.25, -0.2) is 13.2 Å². The smallest absolute Gasteiger partial charge is 0.194 e. The number of rotatable bonds is 6. The van der Waals surface area contributed by atoms with Crippen molar-refractivity contribution in [2.75, 3.05) is 26.4 Å². The van der Waals surface area contributed by atoms with Crippen LogP contribution in [0.15, 0.2) is 24.3 Å². The third kappa shape index (κ3) is 5.54. The Balaban J connectivity index is 1.40. The van der Waals surface area contributed by atoms with E-state index >= 15 is 0 Å². The van der Waals surface area contributed by atoms with Crippen LogP contribution in [-0.4, -0.2) is 39.0 Å². The van der Waals surface area contributed by atoms with Gasteiger partial charge in [0.05, 0.1) is 32.3 Å². The predicted molar refractivity (Wildman–Crippen MR) is 92.4 cm³/mol. The molecule has 0 bridgehead atoms. The third-order valence-corrected chi connectivity index (χ3v) is 4.68. The summed E-state index contributed by atoms with van der Waals surface area (Å²) in [6, 6.07) is 1.99. The standard InChI is InChI=1S/C20H25F3O4/c1-2-3-4-14-9-26-20(27-10-14)15-11-24-18(25-12-15)6-5-13-7-16(21)19(23)17(22)8-13/h3-4,7-8,14-15,18,20H,2,5-6,9-12H2,1H3/b4-3+/t14-,15-,18-,20-. The number of allylic oxidation sites excluding steroid dienone is 1. The summed E-state index contributed by atoms with van der Waals surface area (Å²) in [5.41, 5.74) is 0.367. The van der Waals surface area contributed by atoms with Crippen molar-refractivity contribution in [1.29, 1.82) is 0 Å². The maximum atomic E-state index is 13.2. The Hall–Kier alpha value is -1.41. The van der Waals surface area contributed by atoms with Crippen molar-refractivity contribution < 1.29 is 32.1 Å². The van der Waals surface area contributed by atoms with E-state index < -0.39 is 23.7 Å². The molecule has 2 saturated heterocycles. The summed E-state index contributed by atoms with van der Waals surface area (Å²) >= 11 is 0. The molecule has 0 aromatic heterocycles. The molecule has 0 spiro atoms. The molecule has 1 aromatic rings. The average Bonchev–Trinajstić information content (AvgIpc) is 2.69. The fraction of sp³-hybridized carbons (Fsp3) is 0.600. The Kier molecular flexibility index (Phi) is 7.29. The second kappa shape index (κ2) is 9.68. The van der Waals surface area contributed by atoms with Gasteiger partial charge in [0.1, 0.15) is 0 Å². The highest BCUT2D eigenvalue weighted by atomic mass is 19.2. The van der Waals surface area contributed by atoms with Gasteiger partial charge in [-0.3, -0.25) is 0 Å². The van der Waals surface area contributed by atoms with E-state index in [0.29, 0.717) is 44.8 Å². The highest BCUT2D eigenvalue weighted by molar-refractivity contribution is 5.19. The van der Waals surface area contributed by atoms with Crippen molar-refractivity contribution in [3.05, 3.63) is 47.3 Å². The number of hydrogen-bond acceptors (Lipinski definition) is 4. The topological polar surface area (TPSA) is 36.9 Å². The molecule has 0 radical (unpaired) electrons. The van der Waals surface area contributed by atoms with E-state index in [1.807, 2.05) is 0 Å². The van der Waals surface area contributed by atoms with E-state index in [2.05, 4.69) is 19.1 Å². The minimum Gasteiger partial charge on any atom is -0.352 e. The quantitative estimate of drug-likeness (QED) is 0.547. The molecule has 0 N–H and O–H groups in total. The molecule has 3 rings (SSSR count). The number of benzene rings is 1. The number of halogens is 3. The van der Waals surface area contributed by atoms with Crippen LogP contribution < -0.4 is 0 Å². The number of aryl methyl sites for hydroxylation is 1. The summed E-state index contributed by atoms with van der Waals surface area (Å²) in [6.07, 6.45) is 5.13. The van der Waals surface area contributed by atoms with Gasteiger partial charge in [0.15, 0.2) is 30.0 Å². The predicted octanol–water partition coefficient (Wildman–Crippen LogP) is 3.98. The Bertz CT molecular complexity index is 613. The van der Waals surface area contributed by atoms with E-state index in [4.69, 9.17) is 18.9 Å². The van der Waals surface area contributed by atoms with Gasteiger partial charge < -0.3 is 18.9 Å². The Morgan fingerprint density at radius 1 is 0.963 bits per heavy atom. The Morgan fingerprint density at radius 3 is 2.19 bits per heavy atom. The van der Waals surface area contributed by atoms with Crippen LogP contribution >= 0.6 is 0 Å². The largest absolute Gasteiger partial charge is 0.352 e. The van der Waals surface area contributed by atoms with E-state index in [9.17, 15) is 13.2 Å². The molecule has 27 heavy (non-hydrogen) atoms. The molecule has 2 aliphatic heterocycles. The maximum Gasteiger partial charge on any atom is 0.194 e. The Labute approximate surface area is 157 Å². The van der Waals surface area contributed by atoms with E-state index in [-0.39, 0.29) is 18.1 Å². The second-order valence-electron chi connectivity index (χ2n) is 6.90. The SMILES string of the molecule is CC/C=C/[C@H]1CO[C@H]([C@H]2CO[C@H](CCc3cc(F)c(F)c(F)c3)OC2)OC1. The molecular weight excluding hydrogens is 361 g/mol. The zero-order chi connectivity index (χ0) is 19.2. The molecule has 0 atom stereocenters. The minimum atomic E-state index is -1.45. The van der Waals surface area contributed by atoms with Crippen LogP contribution in [0.2, 0.25) is 0 Å². The van der Waals surface area contributed by atoms with Crippen LogP contribution in [0.1, 0.15) is 25.3 Å². The molecule has 2 heterocycles. The number of ether oxygens (including phenoxy) is 4. The normalized spacial score (nSPS) is 29.3. The van der Waals surface area contributed by atoms with E-state index in [1.54, 1.807) is 0 Å². The van der Waals surface area contributed by atoms with Crippen molar-refractivity contribution in [3.63, 3.8) is 0 Å². The van der Waals surface area contributed by atoms with Gasteiger partial charge in [-0.2, -0.15) is 0 Å². The summed E-state index contributed by atoms with van der Waals surface area (Å²) < 4.78 is 62.4. The summed E-state index contributed by atoms with van der Waals surface area (Å²) in [5.74, 6) is -3.57. The highest BCUT2D eigenvalue weighted by Crippen LogP contribution is 2.25. The zero-order valence-electron chi connectivity index (χ0n) is 15.3. The molecule has 0 unspecified atom stereocenters. The average molecular weight is 386 g/mol. The Morgan fingerprint density at radius 2 is 1.59 bits per heavy atom. The molecule has 7 heteroatoms. The van der Waals surface area contributed by atoms with Gasteiger partial charge >= 0.3 is 0 Å². The van der Waals surface area contributed by atoms with Crippen LogP contribution in [0.3, 0.4) is 0 Å². The summed E-state index contributed by atoms with van der Waals surface area (Å²) in [6.45, 7) is 4.17. The molecule has 0 saturated carbocycles. The molecule has 0 aliphatic carbocycles. The van der Waals surface area contributed by atoms with Gasteiger partial charge in [-0.1, -0.05) is 19.1 Å². The minimum absolute atomic E-state index is 0.0157. The highest BCUT2D eigenvalue weighted by Gasteiger charge is 2.33. The van der Waals surface area contributed by atoms with Crippen molar-refractivity contribution in [3.8, 4) is 0 Å². The first kappa shape index (κ1) is 20.3. The van der Waals surface area contributed by atoms with Crippen LogP contribution in [0.4, 0.5) is 13.2 Å². The first-order valence-corrected chi connectivity index (χ1v) is 9.33. The lowest BCUT2D eigenvalue weighted by Crippen LogP contribution is -2.44. The maximum absolute atomic E-state index is 13.2. The fourth-order valence-corrected chi connectivity index (χ4v) is 3.16. The molecule has 2 fully saturated rings. The molecule has 150 valence electrons. The van der Waals surface area contributed by atoms with Crippen LogP contribution in [0, 0.1) is 29.3 Å². The lowest BCUT2D eigenvalue weighted by Gasteiger charge is -2.37. The van der Waals surface area contributed by atoms with Crippen molar-refractivity contribution >= 4 is 0 Å². The fourth-order valence-electron chi connectivity index (χ4n) is 3.16. The second-order valence-corrected chi connectivity index (χ2v) is 6.90. The van der Waals surface area contributed by atoms with Crippen LogP contribution in [0.5, 0.6) is 0 Å². The summed E-state index contributed by atoms with van der Waals surface area (Å²) in [5, 5.41) is 0. The van der Waals surface area contributed by atoms with Crippen molar-refractivity contribution in [2.45, 2.75) is 38.8 Å². The van der Waals surface area contributed by atoms with Gasteiger partial charge in [0, 0.05) is 12.3 Å². The van der Waals surface area contributed by atoms with Crippen molar-refractivity contribution in [2.24, 2.45) is 11.8 Å². The lowest BCUT2D eigenvalue weighted by molar-refractivity contribution is -0.278. The first-order valence-electron chi connectivity index (χ1n) is 9.33. The molecule has 4 nitrogen and oxygen atoms in total. The summed E-state index contributed by atoms with van der Waals surface area (Å²) in [4.78, 5) is 0. The van der Waals surface area contributed by atoms with E-state index in [1.165, 1.54) is 0 Å². The lowest BCUT2D eigenvalue weighted by atomic mass is 10.1. The summed E-state index contributed by atoms with van der Waals surface area (Å²) in [7, 11) is 0. The van der Waals surface area contributed by atoms with Gasteiger partial charge in [0.25, 0.3) is 0 Å². The molecular formula is C20H25F3O4. The van der Waals surface area contributed by atoms with Gasteiger partial charge in [0.2, 0.25) is 0 Å². The first-order chi connectivity index (χ1) is 13.1.